The molecule has 0 atom stereocenters. The fraction of sp³-hybridized carbons (Fsp3) is 0.385. The Balaban J connectivity index is 2.26. The van der Waals surface area contributed by atoms with E-state index in [9.17, 15) is 4.79 Å². The molecule has 0 bridgehead atoms. The second-order valence-corrected chi connectivity index (χ2v) is 5.37. The minimum absolute atomic E-state index is 0.426. The third-order valence-corrected chi connectivity index (χ3v) is 2.52. The van der Waals surface area contributed by atoms with Crippen LogP contribution >= 0.6 is 0 Å². The lowest BCUT2D eigenvalue weighted by molar-refractivity contribution is 0.0634. The Kier molecular flexibility index (Phi) is 3.09. The van der Waals surface area contributed by atoms with E-state index in [0.29, 0.717) is 11.6 Å². The van der Waals surface area contributed by atoms with Crippen molar-refractivity contribution in [2.75, 3.05) is 11.1 Å². The number of nitrogen functional groups attached to an aromatic ring is 1. The van der Waals surface area contributed by atoms with Crippen molar-refractivity contribution in [2.45, 2.75) is 26.4 Å². The zero-order valence-electron chi connectivity index (χ0n) is 11.5. The van der Waals surface area contributed by atoms with E-state index in [4.69, 9.17) is 10.5 Å². The highest BCUT2D eigenvalue weighted by Crippen LogP contribution is 2.21. The van der Waals surface area contributed by atoms with Crippen LogP contribution in [0, 0.1) is 0 Å². The van der Waals surface area contributed by atoms with Gasteiger partial charge in [0.1, 0.15) is 5.60 Å². The number of ether oxygens (including phenoxy) is 1. The summed E-state index contributed by atoms with van der Waals surface area (Å²) in [5, 5.41) is 2.63. The van der Waals surface area contributed by atoms with Crippen molar-refractivity contribution in [3.8, 4) is 0 Å². The summed E-state index contributed by atoms with van der Waals surface area (Å²) in [5.41, 5.74) is 7.46. The molecule has 0 saturated heterocycles. The van der Waals surface area contributed by atoms with Crippen molar-refractivity contribution < 1.29 is 9.53 Å². The van der Waals surface area contributed by atoms with Gasteiger partial charge in [0, 0.05) is 12.7 Å². The molecule has 6 nitrogen and oxygen atoms in total. The van der Waals surface area contributed by atoms with Crippen molar-refractivity contribution in [1.29, 1.82) is 0 Å². The topological polar surface area (TPSA) is 82.2 Å². The number of benzene rings is 1. The Bertz CT molecular complexity index is 625. The summed E-state index contributed by atoms with van der Waals surface area (Å²) >= 11 is 0. The Morgan fingerprint density at radius 2 is 2.11 bits per heavy atom. The molecule has 3 N–H and O–H groups in total. The van der Waals surface area contributed by atoms with Gasteiger partial charge in [-0.1, -0.05) is 0 Å². The molecule has 19 heavy (non-hydrogen) atoms. The first kappa shape index (κ1) is 13.2. The van der Waals surface area contributed by atoms with Gasteiger partial charge in [0.25, 0.3) is 0 Å². The van der Waals surface area contributed by atoms with Crippen molar-refractivity contribution in [1.82, 2.24) is 9.55 Å². The van der Waals surface area contributed by atoms with Crippen molar-refractivity contribution >= 4 is 28.8 Å². The molecular formula is C13H18N4O2. The number of carbonyl (C=O) groups excluding carboxylic acids is 1. The molecule has 0 saturated carbocycles. The summed E-state index contributed by atoms with van der Waals surface area (Å²) in [5.74, 6) is 0.426. The predicted octanol–water partition coefficient (Wildman–Crippen LogP) is 2.50. The molecule has 0 radical (unpaired) electrons. The summed E-state index contributed by atoms with van der Waals surface area (Å²) in [6.07, 6.45) is -0.529. The van der Waals surface area contributed by atoms with Crippen LogP contribution < -0.4 is 11.1 Å². The van der Waals surface area contributed by atoms with Gasteiger partial charge in [-0.15, -0.1) is 0 Å². The van der Waals surface area contributed by atoms with Gasteiger partial charge in [-0.3, -0.25) is 5.32 Å². The lowest BCUT2D eigenvalue weighted by Gasteiger charge is -2.19. The monoisotopic (exact) mass is 262 g/mol. The lowest BCUT2D eigenvalue weighted by Crippen LogP contribution is -2.28. The largest absolute Gasteiger partial charge is 0.444 e. The molecule has 2 rings (SSSR count). The van der Waals surface area contributed by atoms with Crippen LogP contribution in [0.3, 0.4) is 0 Å². The summed E-state index contributed by atoms with van der Waals surface area (Å²) in [6, 6.07) is 5.39. The second-order valence-electron chi connectivity index (χ2n) is 5.37. The number of aryl methyl sites for hydroxylation is 1. The van der Waals surface area contributed by atoms with Crippen molar-refractivity contribution in [3.63, 3.8) is 0 Å². The zero-order valence-corrected chi connectivity index (χ0v) is 11.5. The maximum absolute atomic E-state index is 11.7. The highest BCUT2D eigenvalue weighted by Gasteiger charge is 2.18. The summed E-state index contributed by atoms with van der Waals surface area (Å²) in [6.45, 7) is 5.42. The molecule has 2 aromatic rings. The fourth-order valence-corrected chi connectivity index (χ4v) is 1.71. The first-order chi connectivity index (χ1) is 8.76. The van der Waals surface area contributed by atoms with E-state index in [-0.39, 0.29) is 0 Å². The van der Waals surface area contributed by atoms with Crippen LogP contribution in [0.15, 0.2) is 18.2 Å². The molecule has 0 fully saturated rings. The van der Waals surface area contributed by atoms with E-state index >= 15 is 0 Å². The van der Waals surface area contributed by atoms with Crippen molar-refractivity contribution in [3.05, 3.63) is 18.2 Å². The smallest absolute Gasteiger partial charge is 0.414 e. The van der Waals surface area contributed by atoms with E-state index in [1.807, 2.05) is 40.0 Å². The van der Waals surface area contributed by atoms with Crippen LogP contribution in [0.2, 0.25) is 0 Å². The molecule has 102 valence electrons. The molecule has 0 aliphatic carbocycles. The summed E-state index contributed by atoms with van der Waals surface area (Å²) < 4.78 is 6.95. The molecular weight excluding hydrogens is 244 g/mol. The Hall–Kier alpha value is -2.24. The van der Waals surface area contributed by atoms with Gasteiger partial charge in [-0.2, -0.15) is 0 Å². The molecule has 1 aromatic carbocycles. The number of rotatable bonds is 1. The van der Waals surface area contributed by atoms with E-state index in [2.05, 4.69) is 10.3 Å². The van der Waals surface area contributed by atoms with Crippen LogP contribution in [0.1, 0.15) is 20.8 Å². The Labute approximate surface area is 111 Å². The first-order valence-electron chi connectivity index (χ1n) is 5.98. The molecule has 6 heteroatoms. The number of anilines is 2. The summed E-state index contributed by atoms with van der Waals surface area (Å²) in [4.78, 5) is 16.0. The van der Waals surface area contributed by atoms with Crippen molar-refractivity contribution in [2.24, 2.45) is 7.05 Å². The average Bonchev–Trinajstić information content (AvgIpc) is 2.54. The molecule has 1 amide bonds. The molecule has 1 aromatic heterocycles. The number of amides is 1. The fourth-order valence-electron chi connectivity index (χ4n) is 1.71. The van der Waals surface area contributed by atoms with E-state index in [0.717, 1.165) is 11.0 Å². The number of nitrogens with two attached hydrogens (primary N) is 1. The number of aromatic nitrogens is 2. The standard InChI is InChI=1S/C13H18N4O2/c1-13(2,3)19-12(18)16-11-15-9-6-5-8(14)7-10(9)17(11)4/h5-7H,14H2,1-4H3,(H,15,16,18). The number of hydrogen-bond acceptors (Lipinski definition) is 4. The number of imidazole rings is 1. The van der Waals surface area contributed by atoms with E-state index < -0.39 is 11.7 Å². The summed E-state index contributed by atoms with van der Waals surface area (Å²) in [7, 11) is 1.81. The number of nitrogens with zero attached hydrogens (tertiary/aromatic N) is 2. The minimum Gasteiger partial charge on any atom is -0.444 e. The van der Waals surface area contributed by atoms with Gasteiger partial charge in [-0.25, -0.2) is 9.78 Å². The number of hydrogen-bond donors (Lipinski definition) is 2. The van der Waals surface area contributed by atoms with E-state index in [1.54, 1.807) is 10.6 Å². The normalized spacial score (nSPS) is 11.6. The SMILES string of the molecule is Cn1c(NC(=O)OC(C)(C)C)nc2ccc(N)cc21. The number of nitrogens with one attached hydrogen (secondary N) is 1. The Morgan fingerprint density at radius 3 is 2.74 bits per heavy atom. The van der Waals surface area contributed by atoms with E-state index in [1.165, 1.54) is 0 Å². The highest BCUT2D eigenvalue weighted by molar-refractivity contribution is 5.88. The minimum atomic E-state index is -0.543. The maximum atomic E-state index is 11.7. The maximum Gasteiger partial charge on any atom is 0.414 e. The van der Waals surface area contributed by atoms with Gasteiger partial charge in [0.15, 0.2) is 0 Å². The quantitative estimate of drug-likeness (QED) is 0.773. The first-order valence-corrected chi connectivity index (χ1v) is 5.98. The molecule has 0 spiro atoms. The van der Waals surface area contributed by atoms with Crippen LogP contribution in [-0.2, 0) is 11.8 Å². The Morgan fingerprint density at radius 1 is 1.42 bits per heavy atom. The molecule has 0 aliphatic rings. The van der Waals surface area contributed by atoms with Crippen LogP contribution in [0.5, 0.6) is 0 Å². The third-order valence-electron chi connectivity index (χ3n) is 2.52. The molecule has 1 heterocycles. The van der Waals surface area contributed by atoms with Gasteiger partial charge in [0.2, 0.25) is 5.95 Å². The highest BCUT2D eigenvalue weighted by atomic mass is 16.6. The third kappa shape index (κ3) is 2.96. The number of carbonyl (C=O) groups is 1. The van der Waals surface area contributed by atoms with Gasteiger partial charge >= 0.3 is 6.09 Å². The van der Waals surface area contributed by atoms with Crippen LogP contribution in [-0.4, -0.2) is 21.2 Å². The van der Waals surface area contributed by atoms with Crippen LogP contribution in [0.25, 0.3) is 11.0 Å². The average molecular weight is 262 g/mol. The molecule has 0 unspecified atom stereocenters. The lowest BCUT2D eigenvalue weighted by atomic mass is 10.2. The predicted molar refractivity (Wildman–Crippen MR) is 75.0 cm³/mol. The van der Waals surface area contributed by atoms with Crippen LogP contribution in [0.4, 0.5) is 16.4 Å². The molecule has 0 aliphatic heterocycles. The number of fused-ring (bicyclic) bond motifs is 1. The zero-order chi connectivity index (χ0) is 14.2. The van der Waals surface area contributed by atoms with Gasteiger partial charge in [0.05, 0.1) is 11.0 Å². The van der Waals surface area contributed by atoms with Gasteiger partial charge < -0.3 is 15.0 Å². The second kappa shape index (κ2) is 4.46. The van der Waals surface area contributed by atoms with Gasteiger partial charge in [-0.05, 0) is 39.0 Å².